The first kappa shape index (κ1) is 9.56. The van der Waals surface area contributed by atoms with Crippen LogP contribution < -0.4 is 0 Å². The summed E-state index contributed by atoms with van der Waals surface area (Å²) in [5.74, 6) is 0. The number of hydrogen-bond donors (Lipinski definition) is 0. The average molecular weight is 169 g/mol. The van der Waals surface area contributed by atoms with Gasteiger partial charge in [-0.25, -0.2) is 0 Å². The Balaban J connectivity index is 2.40. The summed E-state index contributed by atoms with van der Waals surface area (Å²) < 4.78 is 0. The number of hydrogen-bond acceptors (Lipinski definition) is 1. The van der Waals surface area contributed by atoms with E-state index >= 15 is 0 Å². The Morgan fingerprint density at radius 2 is 1.83 bits per heavy atom. The number of rotatable bonds is 2. The van der Waals surface area contributed by atoms with Gasteiger partial charge >= 0.3 is 0 Å². The van der Waals surface area contributed by atoms with Crippen molar-refractivity contribution in [2.45, 2.75) is 45.6 Å². The Morgan fingerprint density at radius 1 is 1.33 bits per heavy atom. The molecule has 0 bridgehead atoms. The summed E-state index contributed by atoms with van der Waals surface area (Å²) in [7, 11) is 1.88. The molecule has 2 nitrogen and oxygen atoms in total. The maximum atomic E-state index is 10.5. The van der Waals surface area contributed by atoms with Crippen LogP contribution in [0.5, 0.6) is 0 Å². The molecule has 1 amide bonds. The lowest BCUT2D eigenvalue weighted by atomic mass is 9.75. The fraction of sp³-hybridized carbons (Fsp3) is 0.900. The van der Waals surface area contributed by atoms with Crippen LogP contribution >= 0.6 is 0 Å². The van der Waals surface area contributed by atoms with Gasteiger partial charge in [0.05, 0.1) is 0 Å². The number of carbonyl (C=O) groups is 1. The fourth-order valence-electron chi connectivity index (χ4n) is 1.88. The smallest absolute Gasteiger partial charge is 0.209 e. The van der Waals surface area contributed by atoms with Gasteiger partial charge in [-0.15, -0.1) is 0 Å². The zero-order valence-corrected chi connectivity index (χ0v) is 8.34. The van der Waals surface area contributed by atoms with Crippen LogP contribution in [-0.2, 0) is 4.79 Å². The van der Waals surface area contributed by atoms with E-state index in [9.17, 15) is 4.79 Å². The highest BCUT2D eigenvalue weighted by Crippen LogP contribution is 2.36. The molecule has 0 heterocycles. The monoisotopic (exact) mass is 169 g/mol. The van der Waals surface area contributed by atoms with Gasteiger partial charge in [0.25, 0.3) is 0 Å². The second-order valence-corrected chi connectivity index (χ2v) is 4.67. The van der Waals surface area contributed by atoms with Crippen LogP contribution in [-0.4, -0.2) is 24.4 Å². The highest BCUT2D eigenvalue weighted by Gasteiger charge is 2.28. The molecule has 2 heteroatoms. The van der Waals surface area contributed by atoms with Gasteiger partial charge in [0, 0.05) is 13.1 Å². The van der Waals surface area contributed by atoms with E-state index in [-0.39, 0.29) is 0 Å². The number of nitrogens with zero attached hydrogens (tertiary/aromatic N) is 1. The first-order valence-electron chi connectivity index (χ1n) is 4.72. The van der Waals surface area contributed by atoms with Gasteiger partial charge in [0.1, 0.15) is 0 Å². The molecule has 12 heavy (non-hydrogen) atoms. The minimum Gasteiger partial charge on any atom is -0.345 e. The fourth-order valence-corrected chi connectivity index (χ4v) is 1.88. The molecule has 0 unspecified atom stereocenters. The maximum Gasteiger partial charge on any atom is 0.209 e. The van der Waals surface area contributed by atoms with Crippen molar-refractivity contribution in [3.05, 3.63) is 0 Å². The third-order valence-electron chi connectivity index (χ3n) is 3.05. The van der Waals surface area contributed by atoms with E-state index in [0.29, 0.717) is 11.5 Å². The largest absolute Gasteiger partial charge is 0.345 e. The lowest BCUT2D eigenvalue weighted by molar-refractivity contribution is -0.119. The molecule has 1 aliphatic rings. The van der Waals surface area contributed by atoms with E-state index in [0.717, 1.165) is 6.41 Å². The number of amides is 1. The normalized spacial score (nSPS) is 23.6. The molecule has 0 aliphatic heterocycles. The molecular formula is C10H19NO. The maximum absolute atomic E-state index is 10.5. The van der Waals surface area contributed by atoms with Crippen LogP contribution in [0.1, 0.15) is 39.5 Å². The highest BCUT2D eigenvalue weighted by atomic mass is 16.1. The van der Waals surface area contributed by atoms with Crippen LogP contribution in [0.4, 0.5) is 0 Å². The van der Waals surface area contributed by atoms with Crippen molar-refractivity contribution in [2.24, 2.45) is 5.41 Å². The van der Waals surface area contributed by atoms with Gasteiger partial charge in [-0.3, -0.25) is 4.79 Å². The lowest BCUT2D eigenvalue weighted by Gasteiger charge is -2.37. The third kappa shape index (κ3) is 2.23. The van der Waals surface area contributed by atoms with Crippen molar-refractivity contribution in [3.8, 4) is 0 Å². The highest BCUT2D eigenvalue weighted by molar-refractivity contribution is 5.47. The van der Waals surface area contributed by atoms with E-state index in [1.807, 2.05) is 11.9 Å². The van der Waals surface area contributed by atoms with E-state index in [1.165, 1.54) is 25.7 Å². The van der Waals surface area contributed by atoms with Gasteiger partial charge in [-0.2, -0.15) is 0 Å². The van der Waals surface area contributed by atoms with Crippen LogP contribution in [0.3, 0.4) is 0 Å². The van der Waals surface area contributed by atoms with Gasteiger partial charge in [0.15, 0.2) is 0 Å². The van der Waals surface area contributed by atoms with Crippen molar-refractivity contribution >= 4 is 6.41 Å². The van der Waals surface area contributed by atoms with Crippen LogP contribution in [0.15, 0.2) is 0 Å². The molecule has 1 rings (SSSR count). The van der Waals surface area contributed by atoms with E-state index in [1.54, 1.807) is 0 Å². The third-order valence-corrected chi connectivity index (χ3v) is 3.05. The SMILES string of the molecule is CN(C=O)C1CCC(C)(C)CC1. The van der Waals surface area contributed by atoms with Gasteiger partial charge < -0.3 is 4.90 Å². The predicted octanol–water partition coefficient (Wildman–Crippen LogP) is 2.04. The Morgan fingerprint density at radius 3 is 2.25 bits per heavy atom. The van der Waals surface area contributed by atoms with Crippen LogP contribution in [0, 0.1) is 5.41 Å². The van der Waals surface area contributed by atoms with Crippen molar-refractivity contribution < 1.29 is 4.79 Å². The summed E-state index contributed by atoms with van der Waals surface area (Å²) in [6.07, 6.45) is 5.78. The Bertz CT molecular complexity index is 155. The van der Waals surface area contributed by atoms with E-state index < -0.39 is 0 Å². The summed E-state index contributed by atoms with van der Waals surface area (Å²) in [4.78, 5) is 12.3. The second kappa shape index (κ2) is 3.46. The Kier molecular flexibility index (Phi) is 2.76. The molecule has 0 aromatic carbocycles. The van der Waals surface area contributed by atoms with Crippen LogP contribution in [0.25, 0.3) is 0 Å². The standard InChI is InChI=1S/C10H19NO/c1-10(2)6-4-9(5-7-10)11(3)8-12/h8-9H,4-7H2,1-3H3. The summed E-state index contributed by atoms with van der Waals surface area (Å²) in [5.41, 5.74) is 0.500. The molecule has 0 aromatic rings. The zero-order valence-electron chi connectivity index (χ0n) is 8.34. The quantitative estimate of drug-likeness (QED) is 0.579. The summed E-state index contributed by atoms with van der Waals surface area (Å²) >= 11 is 0. The van der Waals surface area contributed by atoms with Crippen molar-refractivity contribution in [2.75, 3.05) is 7.05 Å². The van der Waals surface area contributed by atoms with Crippen molar-refractivity contribution in [1.29, 1.82) is 0 Å². The molecule has 0 atom stereocenters. The van der Waals surface area contributed by atoms with Gasteiger partial charge in [-0.05, 0) is 31.1 Å². The molecule has 0 aromatic heterocycles. The zero-order chi connectivity index (χ0) is 9.19. The molecule has 1 fully saturated rings. The molecule has 70 valence electrons. The molecule has 0 spiro atoms. The summed E-state index contributed by atoms with van der Waals surface area (Å²) in [6.45, 7) is 4.62. The Hall–Kier alpha value is -0.530. The first-order chi connectivity index (χ1) is 5.55. The molecule has 0 N–H and O–H groups in total. The molecular weight excluding hydrogens is 150 g/mol. The molecule has 0 saturated heterocycles. The minimum absolute atomic E-state index is 0.496. The first-order valence-corrected chi connectivity index (χ1v) is 4.72. The average Bonchev–Trinajstić information content (AvgIpc) is 2.03. The lowest BCUT2D eigenvalue weighted by Crippen LogP contribution is -2.36. The van der Waals surface area contributed by atoms with Gasteiger partial charge in [-0.1, -0.05) is 13.8 Å². The second-order valence-electron chi connectivity index (χ2n) is 4.67. The van der Waals surface area contributed by atoms with Crippen LogP contribution in [0.2, 0.25) is 0 Å². The topological polar surface area (TPSA) is 20.3 Å². The summed E-state index contributed by atoms with van der Waals surface area (Å²) in [5, 5.41) is 0. The Labute approximate surface area is 74.9 Å². The van der Waals surface area contributed by atoms with Crippen molar-refractivity contribution in [1.82, 2.24) is 4.90 Å². The van der Waals surface area contributed by atoms with Crippen molar-refractivity contribution in [3.63, 3.8) is 0 Å². The molecule has 1 aliphatic carbocycles. The van der Waals surface area contributed by atoms with E-state index in [2.05, 4.69) is 13.8 Å². The minimum atomic E-state index is 0.496. The molecule has 0 radical (unpaired) electrons. The van der Waals surface area contributed by atoms with E-state index in [4.69, 9.17) is 0 Å². The molecule has 1 saturated carbocycles. The number of carbonyl (C=O) groups excluding carboxylic acids is 1. The summed E-state index contributed by atoms with van der Waals surface area (Å²) in [6, 6.07) is 0.496. The predicted molar refractivity (Wildman–Crippen MR) is 49.9 cm³/mol. The van der Waals surface area contributed by atoms with Gasteiger partial charge in [0.2, 0.25) is 6.41 Å².